The molecule has 8 heteroatoms. The molecule has 23 heavy (non-hydrogen) atoms. The molecule has 0 spiro atoms. The highest BCUT2D eigenvalue weighted by Gasteiger charge is 2.32. The lowest BCUT2D eigenvalue weighted by atomic mass is 10.2. The van der Waals surface area contributed by atoms with E-state index < -0.39 is 0 Å². The van der Waals surface area contributed by atoms with Crippen LogP contribution >= 0.6 is 0 Å². The Kier molecular flexibility index (Phi) is 3.30. The van der Waals surface area contributed by atoms with E-state index in [1.165, 1.54) is 28.9 Å². The molecule has 1 aliphatic heterocycles. The van der Waals surface area contributed by atoms with E-state index >= 15 is 0 Å². The Morgan fingerprint density at radius 2 is 2.22 bits per heavy atom. The Hall–Kier alpha value is -2.74. The van der Waals surface area contributed by atoms with Crippen LogP contribution in [0, 0.1) is 5.82 Å². The second kappa shape index (κ2) is 5.47. The molecule has 0 saturated carbocycles. The second-order valence-electron chi connectivity index (χ2n) is 5.29. The van der Waals surface area contributed by atoms with Gasteiger partial charge in [-0.3, -0.25) is 4.79 Å². The predicted octanol–water partition coefficient (Wildman–Crippen LogP) is 1.58. The summed E-state index contributed by atoms with van der Waals surface area (Å²) < 4.78 is 25.6. The minimum atomic E-state index is -0.375. The molecule has 3 aromatic rings. The summed E-state index contributed by atoms with van der Waals surface area (Å²) in [5, 5.41) is 7.19. The van der Waals surface area contributed by atoms with Crippen molar-refractivity contribution in [3.8, 4) is 0 Å². The SMILES string of the molecule is O=c1cccnn1C1COCC1Nc1nc2cc(F)ccc2o1. The first-order valence-corrected chi connectivity index (χ1v) is 7.15. The number of ether oxygens (including phenoxy) is 1. The third-order valence-corrected chi connectivity index (χ3v) is 3.76. The van der Waals surface area contributed by atoms with Gasteiger partial charge in [0.15, 0.2) is 5.58 Å². The van der Waals surface area contributed by atoms with Crippen molar-refractivity contribution < 1.29 is 13.5 Å². The number of nitrogens with one attached hydrogen (secondary N) is 1. The number of hydrogen-bond acceptors (Lipinski definition) is 6. The fraction of sp³-hybridized carbons (Fsp3) is 0.267. The predicted molar refractivity (Wildman–Crippen MR) is 79.7 cm³/mol. The molecule has 0 radical (unpaired) electrons. The van der Waals surface area contributed by atoms with Gasteiger partial charge < -0.3 is 14.5 Å². The Bertz CT molecular complexity index is 907. The zero-order valence-corrected chi connectivity index (χ0v) is 12.0. The van der Waals surface area contributed by atoms with Gasteiger partial charge in [-0.05, 0) is 18.2 Å². The van der Waals surface area contributed by atoms with Crippen molar-refractivity contribution in [2.75, 3.05) is 18.5 Å². The van der Waals surface area contributed by atoms with E-state index in [0.29, 0.717) is 24.3 Å². The van der Waals surface area contributed by atoms with Crippen LogP contribution in [-0.2, 0) is 4.74 Å². The first-order chi connectivity index (χ1) is 11.2. The van der Waals surface area contributed by atoms with Gasteiger partial charge in [0, 0.05) is 18.3 Å². The third-order valence-electron chi connectivity index (χ3n) is 3.76. The summed E-state index contributed by atoms with van der Waals surface area (Å²) in [6.45, 7) is 0.754. The van der Waals surface area contributed by atoms with Gasteiger partial charge in [-0.15, -0.1) is 0 Å². The molecule has 1 aromatic carbocycles. The van der Waals surface area contributed by atoms with Crippen molar-refractivity contribution in [1.82, 2.24) is 14.8 Å². The van der Waals surface area contributed by atoms with E-state index in [9.17, 15) is 9.18 Å². The van der Waals surface area contributed by atoms with Crippen LogP contribution in [0.2, 0.25) is 0 Å². The zero-order valence-electron chi connectivity index (χ0n) is 12.0. The normalized spacial score (nSPS) is 20.9. The third kappa shape index (κ3) is 2.57. The summed E-state index contributed by atoms with van der Waals surface area (Å²) in [7, 11) is 0. The van der Waals surface area contributed by atoms with Crippen LogP contribution in [0.15, 0.2) is 45.7 Å². The van der Waals surface area contributed by atoms with Crippen molar-refractivity contribution in [2.24, 2.45) is 0 Å². The monoisotopic (exact) mass is 316 g/mol. The average molecular weight is 316 g/mol. The molecule has 2 aromatic heterocycles. The molecule has 0 amide bonds. The first-order valence-electron chi connectivity index (χ1n) is 7.15. The second-order valence-corrected chi connectivity index (χ2v) is 5.29. The summed E-state index contributed by atoms with van der Waals surface area (Å²) in [6, 6.07) is 6.94. The van der Waals surface area contributed by atoms with Gasteiger partial charge in [0.05, 0.1) is 19.3 Å². The van der Waals surface area contributed by atoms with Crippen molar-refractivity contribution in [2.45, 2.75) is 12.1 Å². The van der Waals surface area contributed by atoms with Gasteiger partial charge in [0.1, 0.15) is 17.4 Å². The van der Waals surface area contributed by atoms with Gasteiger partial charge in [-0.25, -0.2) is 9.07 Å². The van der Waals surface area contributed by atoms with E-state index in [1.807, 2.05) is 0 Å². The molecular formula is C15H13FN4O3. The Morgan fingerprint density at radius 3 is 3.09 bits per heavy atom. The number of rotatable bonds is 3. The summed E-state index contributed by atoms with van der Waals surface area (Å²) in [5.41, 5.74) is 0.715. The van der Waals surface area contributed by atoms with E-state index in [-0.39, 0.29) is 29.5 Å². The maximum atomic E-state index is 13.2. The highest BCUT2D eigenvalue weighted by Crippen LogP contribution is 2.24. The van der Waals surface area contributed by atoms with E-state index in [4.69, 9.17) is 9.15 Å². The Morgan fingerprint density at radius 1 is 1.30 bits per heavy atom. The zero-order chi connectivity index (χ0) is 15.8. The molecule has 4 rings (SSSR count). The van der Waals surface area contributed by atoms with E-state index in [0.717, 1.165) is 0 Å². The molecule has 7 nitrogen and oxygen atoms in total. The molecule has 0 bridgehead atoms. The lowest BCUT2D eigenvalue weighted by Crippen LogP contribution is -2.36. The molecule has 0 aliphatic carbocycles. The maximum absolute atomic E-state index is 13.2. The molecule has 2 unspecified atom stereocenters. The molecule has 2 atom stereocenters. The topological polar surface area (TPSA) is 82.2 Å². The van der Waals surface area contributed by atoms with Crippen LogP contribution < -0.4 is 10.9 Å². The number of nitrogens with zero attached hydrogens (tertiary/aromatic N) is 3. The number of halogens is 1. The number of aromatic nitrogens is 3. The molecule has 1 aliphatic rings. The fourth-order valence-corrected chi connectivity index (χ4v) is 2.66. The van der Waals surface area contributed by atoms with Crippen LogP contribution in [0.4, 0.5) is 10.4 Å². The number of oxazole rings is 1. The van der Waals surface area contributed by atoms with Crippen molar-refractivity contribution >= 4 is 17.1 Å². The summed E-state index contributed by atoms with van der Waals surface area (Å²) >= 11 is 0. The van der Waals surface area contributed by atoms with Gasteiger partial charge in [-0.2, -0.15) is 10.1 Å². The van der Waals surface area contributed by atoms with E-state index in [2.05, 4.69) is 15.4 Å². The minimum Gasteiger partial charge on any atom is -0.424 e. The van der Waals surface area contributed by atoms with Crippen molar-refractivity contribution in [3.05, 3.63) is 52.7 Å². The maximum Gasteiger partial charge on any atom is 0.296 e. The highest BCUT2D eigenvalue weighted by atomic mass is 19.1. The highest BCUT2D eigenvalue weighted by molar-refractivity contribution is 5.74. The van der Waals surface area contributed by atoms with Crippen molar-refractivity contribution in [1.29, 1.82) is 0 Å². The number of benzene rings is 1. The number of hydrogen-bond donors (Lipinski definition) is 1. The Balaban J connectivity index is 1.61. The minimum absolute atomic E-state index is 0.200. The lowest BCUT2D eigenvalue weighted by molar-refractivity contribution is 0.182. The van der Waals surface area contributed by atoms with Crippen LogP contribution in [-0.4, -0.2) is 34.0 Å². The van der Waals surface area contributed by atoms with Gasteiger partial charge in [-0.1, -0.05) is 0 Å². The molecule has 1 saturated heterocycles. The van der Waals surface area contributed by atoms with Crippen LogP contribution in [0.3, 0.4) is 0 Å². The number of anilines is 1. The van der Waals surface area contributed by atoms with Crippen LogP contribution in [0.25, 0.3) is 11.1 Å². The summed E-state index contributed by atoms with van der Waals surface area (Å²) in [6.07, 6.45) is 1.55. The Labute approximate surface area is 129 Å². The largest absolute Gasteiger partial charge is 0.424 e. The van der Waals surface area contributed by atoms with Crippen LogP contribution in [0.1, 0.15) is 6.04 Å². The first kappa shape index (κ1) is 13.9. The van der Waals surface area contributed by atoms with Crippen LogP contribution in [0.5, 0.6) is 0 Å². The molecule has 1 fully saturated rings. The fourth-order valence-electron chi connectivity index (χ4n) is 2.66. The quantitative estimate of drug-likeness (QED) is 0.790. The average Bonchev–Trinajstić information content (AvgIpc) is 3.14. The van der Waals surface area contributed by atoms with E-state index in [1.54, 1.807) is 12.3 Å². The smallest absolute Gasteiger partial charge is 0.296 e. The number of fused-ring (bicyclic) bond motifs is 1. The summed E-state index contributed by atoms with van der Waals surface area (Å²) in [5.74, 6) is -0.375. The standard InChI is InChI=1S/C15H13FN4O3/c16-9-3-4-13-10(6-9)18-15(23-13)19-11-7-22-8-12(11)20-14(21)2-1-5-17-20/h1-6,11-12H,7-8H2,(H,18,19). The molecule has 118 valence electrons. The van der Waals surface area contributed by atoms with Gasteiger partial charge >= 0.3 is 0 Å². The molecular weight excluding hydrogens is 303 g/mol. The summed E-state index contributed by atoms with van der Waals surface area (Å²) in [4.78, 5) is 16.1. The molecule has 1 N–H and O–H groups in total. The molecule has 3 heterocycles. The van der Waals surface area contributed by atoms with Gasteiger partial charge in [0.2, 0.25) is 0 Å². The lowest BCUT2D eigenvalue weighted by Gasteiger charge is -2.18. The van der Waals surface area contributed by atoms with Crippen molar-refractivity contribution in [3.63, 3.8) is 0 Å². The van der Waals surface area contributed by atoms with Gasteiger partial charge in [0.25, 0.3) is 11.6 Å².